The van der Waals surface area contributed by atoms with Crippen LogP contribution in [0.25, 0.3) is 0 Å². The monoisotopic (exact) mass is 401 g/mol. The van der Waals surface area contributed by atoms with Crippen molar-refractivity contribution in [2.24, 2.45) is 0 Å². The Morgan fingerprint density at radius 3 is 1.89 bits per heavy atom. The highest BCUT2D eigenvalue weighted by molar-refractivity contribution is 6.69. The molecule has 0 spiro atoms. The molecular weight excluding hydrogens is 374 g/mol. The Hall–Kier alpha value is -1.59. The molecule has 0 bridgehead atoms. The Bertz CT molecular complexity index is 713. The van der Waals surface area contributed by atoms with Gasteiger partial charge in [0.15, 0.2) is 0 Å². The van der Waals surface area contributed by atoms with Crippen molar-refractivity contribution in [3.63, 3.8) is 0 Å². The Morgan fingerprint density at radius 1 is 0.963 bits per heavy atom. The maximum absolute atomic E-state index is 7.09. The third-order valence-electron chi connectivity index (χ3n) is 4.73. The summed E-state index contributed by atoms with van der Waals surface area (Å²) in [7, 11) is -1.75. The smallest absolute Gasteiger partial charge is 0.241 e. The second kappa shape index (κ2) is 8.61. The Balaban J connectivity index is 2.21. The number of rotatable bonds is 6. The number of ether oxygens (including phenoxy) is 1. The van der Waals surface area contributed by atoms with E-state index in [9.17, 15) is 0 Å². The van der Waals surface area contributed by atoms with Gasteiger partial charge in [0, 0.05) is 13.1 Å². The van der Waals surface area contributed by atoms with E-state index in [-0.39, 0.29) is 0 Å². The number of nitrogens with zero attached hydrogens (tertiary/aromatic N) is 1. The molecule has 0 saturated carbocycles. The molecule has 2 aromatic rings. The fraction of sp³-hybridized carbons (Fsp3) is 0.364. The van der Waals surface area contributed by atoms with E-state index in [1.807, 2.05) is 12.1 Å². The summed E-state index contributed by atoms with van der Waals surface area (Å²) in [5.41, 5.74) is 1.69. The quantitative estimate of drug-likeness (QED) is 0.490. The SMILES string of the molecule is C[Si](C)(C)O/C=C(\Cl)C(c1ccccc1)(c1ccccc1)N1CCOCC1. The zero-order chi connectivity index (χ0) is 19.3. The van der Waals surface area contributed by atoms with Crippen LogP contribution in [-0.2, 0) is 14.7 Å². The van der Waals surface area contributed by atoms with Crippen molar-refractivity contribution in [1.82, 2.24) is 4.90 Å². The van der Waals surface area contributed by atoms with E-state index in [1.54, 1.807) is 6.26 Å². The third kappa shape index (κ3) is 4.46. The molecule has 1 aliphatic rings. The number of hydrogen-bond acceptors (Lipinski definition) is 3. The first-order valence-electron chi connectivity index (χ1n) is 9.42. The summed E-state index contributed by atoms with van der Waals surface area (Å²) >= 11 is 7.09. The average Bonchev–Trinajstić information content (AvgIpc) is 2.69. The third-order valence-corrected chi connectivity index (χ3v) is 5.92. The highest BCUT2D eigenvalue weighted by Crippen LogP contribution is 2.44. The van der Waals surface area contributed by atoms with Gasteiger partial charge in [-0.25, -0.2) is 0 Å². The Labute approximate surface area is 168 Å². The minimum Gasteiger partial charge on any atom is -0.549 e. The maximum Gasteiger partial charge on any atom is 0.241 e. The maximum atomic E-state index is 7.09. The van der Waals surface area contributed by atoms with Gasteiger partial charge in [-0.1, -0.05) is 72.3 Å². The van der Waals surface area contributed by atoms with E-state index < -0.39 is 13.9 Å². The van der Waals surface area contributed by atoms with Gasteiger partial charge in [0.2, 0.25) is 8.32 Å². The number of hydrogen-bond donors (Lipinski definition) is 0. The van der Waals surface area contributed by atoms with Gasteiger partial charge in [0.05, 0.1) is 24.5 Å². The first-order chi connectivity index (χ1) is 12.9. The molecule has 1 aliphatic heterocycles. The molecule has 0 atom stereocenters. The topological polar surface area (TPSA) is 21.7 Å². The summed E-state index contributed by atoms with van der Waals surface area (Å²) in [6.45, 7) is 9.49. The summed E-state index contributed by atoms with van der Waals surface area (Å²) in [4.78, 5) is 2.41. The van der Waals surface area contributed by atoms with Crippen LogP contribution in [0.4, 0.5) is 0 Å². The molecule has 0 aromatic heterocycles. The molecular formula is C22H28ClNO2Si. The molecule has 144 valence electrons. The van der Waals surface area contributed by atoms with Crippen molar-refractivity contribution in [2.75, 3.05) is 26.3 Å². The molecule has 0 N–H and O–H groups in total. The van der Waals surface area contributed by atoms with Crippen LogP contribution in [0.1, 0.15) is 11.1 Å². The lowest BCUT2D eigenvalue weighted by Crippen LogP contribution is -2.52. The van der Waals surface area contributed by atoms with Crippen LogP contribution in [0.15, 0.2) is 72.0 Å². The molecule has 1 fully saturated rings. The fourth-order valence-corrected chi connectivity index (χ4v) is 4.46. The van der Waals surface area contributed by atoms with Crippen molar-refractivity contribution in [3.8, 4) is 0 Å². The molecule has 0 radical (unpaired) electrons. The highest BCUT2D eigenvalue weighted by Gasteiger charge is 2.44. The van der Waals surface area contributed by atoms with Crippen LogP contribution < -0.4 is 0 Å². The molecule has 1 heterocycles. The van der Waals surface area contributed by atoms with Crippen LogP contribution >= 0.6 is 11.6 Å². The molecule has 2 aromatic carbocycles. The minimum atomic E-state index is -1.75. The minimum absolute atomic E-state index is 0.590. The lowest BCUT2D eigenvalue weighted by atomic mass is 9.80. The van der Waals surface area contributed by atoms with Crippen LogP contribution in [0, 0.1) is 0 Å². The summed E-state index contributed by atoms with van der Waals surface area (Å²) in [5, 5.41) is 0.684. The van der Waals surface area contributed by atoms with E-state index >= 15 is 0 Å². The van der Waals surface area contributed by atoms with E-state index in [4.69, 9.17) is 20.8 Å². The Morgan fingerprint density at radius 2 is 1.44 bits per heavy atom. The number of morpholine rings is 1. The van der Waals surface area contributed by atoms with Crippen LogP contribution in [0.5, 0.6) is 0 Å². The van der Waals surface area contributed by atoms with Gasteiger partial charge in [0.25, 0.3) is 0 Å². The van der Waals surface area contributed by atoms with Crippen molar-refractivity contribution >= 4 is 19.9 Å². The largest absolute Gasteiger partial charge is 0.549 e. The lowest BCUT2D eigenvalue weighted by Gasteiger charge is -2.46. The predicted molar refractivity (Wildman–Crippen MR) is 114 cm³/mol. The second-order valence-corrected chi connectivity index (χ2v) is 12.6. The van der Waals surface area contributed by atoms with Gasteiger partial charge >= 0.3 is 0 Å². The first-order valence-corrected chi connectivity index (χ1v) is 13.2. The second-order valence-electron chi connectivity index (χ2n) is 7.74. The molecule has 1 saturated heterocycles. The van der Waals surface area contributed by atoms with Crippen LogP contribution in [-0.4, -0.2) is 39.5 Å². The number of halogens is 1. The lowest BCUT2D eigenvalue weighted by molar-refractivity contribution is 0.00267. The van der Waals surface area contributed by atoms with Crippen molar-refractivity contribution in [1.29, 1.82) is 0 Å². The van der Waals surface area contributed by atoms with Gasteiger partial charge in [-0.2, -0.15) is 0 Å². The molecule has 5 heteroatoms. The van der Waals surface area contributed by atoms with Crippen molar-refractivity contribution < 1.29 is 9.16 Å². The van der Waals surface area contributed by atoms with Gasteiger partial charge in [0.1, 0.15) is 5.54 Å². The summed E-state index contributed by atoms with van der Waals surface area (Å²) in [6, 6.07) is 20.9. The van der Waals surface area contributed by atoms with Crippen LogP contribution in [0.3, 0.4) is 0 Å². The van der Waals surface area contributed by atoms with Crippen molar-refractivity contribution in [3.05, 3.63) is 83.1 Å². The van der Waals surface area contributed by atoms with E-state index in [1.165, 1.54) is 0 Å². The van der Waals surface area contributed by atoms with Crippen LogP contribution in [0.2, 0.25) is 19.6 Å². The van der Waals surface area contributed by atoms with Gasteiger partial charge in [-0.05, 0) is 30.8 Å². The molecule has 0 aliphatic carbocycles. The zero-order valence-electron chi connectivity index (χ0n) is 16.3. The fourth-order valence-electron chi connectivity index (χ4n) is 3.53. The standard InChI is InChI=1S/C22H28ClNO2Si/c1-27(2,3)26-18-21(23)22(19-10-6-4-7-11-19,20-12-8-5-9-13-20)24-14-16-25-17-15-24/h4-13,18H,14-17H2,1-3H3/b21-18-. The predicted octanol–water partition coefficient (Wildman–Crippen LogP) is 5.19. The highest BCUT2D eigenvalue weighted by atomic mass is 35.5. The molecule has 27 heavy (non-hydrogen) atoms. The van der Waals surface area contributed by atoms with Gasteiger partial charge < -0.3 is 9.16 Å². The van der Waals surface area contributed by atoms with Gasteiger partial charge in [-0.3, -0.25) is 4.90 Å². The molecule has 0 amide bonds. The number of benzene rings is 2. The molecule has 3 rings (SSSR count). The average molecular weight is 402 g/mol. The first kappa shape index (κ1) is 20.1. The van der Waals surface area contributed by atoms with E-state index in [2.05, 4.69) is 73.1 Å². The van der Waals surface area contributed by atoms with Crippen molar-refractivity contribution in [2.45, 2.75) is 25.2 Å². The zero-order valence-corrected chi connectivity index (χ0v) is 18.1. The molecule has 0 unspecified atom stereocenters. The van der Waals surface area contributed by atoms with E-state index in [0.29, 0.717) is 18.2 Å². The Kier molecular flexibility index (Phi) is 6.43. The summed E-state index contributed by atoms with van der Waals surface area (Å²) in [5.74, 6) is 0. The summed E-state index contributed by atoms with van der Waals surface area (Å²) < 4.78 is 11.7. The molecule has 3 nitrogen and oxygen atoms in total. The normalized spacial score (nSPS) is 17.0. The summed E-state index contributed by atoms with van der Waals surface area (Å²) in [6.07, 6.45) is 1.78. The van der Waals surface area contributed by atoms with E-state index in [0.717, 1.165) is 24.2 Å². The van der Waals surface area contributed by atoms with Gasteiger partial charge in [-0.15, -0.1) is 0 Å².